The summed E-state index contributed by atoms with van der Waals surface area (Å²) in [6.45, 7) is 6.97. The zero-order chi connectivity index (χ0) is 21.1. The van der Waals surface area contributed by atoms with Crippen LogP contribution in [0.25, 0.3) is 10.9 Å². The number of fused-ring (bicyclic) bond motifs is 1. The maximum Gasteiger partial charge on any atom is 0.147 e. The average Bonchev–Trinajstić information content (AvgIpc) is 2.74. The molecule has 3 heterocycles. The van der Waals surface area contributed by atoms with Crippen molar-refractivity contribution in [2.24, 2.45) is 11.8 Å². The van der Waals surface area contributed by atoms with Gasteiger partial charge in [0, 0.05) is 31.1 Å². The maximum absolute atomic E-state index is 12.8. The van der Waals surface area contributed by atoms with Gasteiger partial charge in [0.25, 0.3) is 0 Å². The fraction of sp³-hybridized carbons (Fsp3) is 0.560. The van der Waals surface area contributed by atoms with Crippen molar-refractivity contribution in [3.05, 3.63) is 41.6 Å². The molecule has 2 aliphatic heterocycles. The van der Waals surface area contributed by atoms with E-state index >= 15 is 0 Å². The normalized spacial score (nSPS) is 24.0. The first kappa shape index (κ1) is 21.0. The molecule has 1 aromatic carbocycles. The van der Waals surface area contributed by atoms with E-state index in [-0.39, 0.29) is 0 Å². The highest BCUT2D eigenvalue weighted by Gasteiger charge is 2.29. The van der Waals surface area contributed by atoms with Crippen LogP contribution in [-0.4, -0.2) is 60.3 Å². The quantitative estimate of drug-likeness (QED) is 0.758. The van der Waals surface area contributed by atoms with Crippen LogP contribution in [-0.2, 0) is 4.79 Å². The number of benzene rings is 1. The molecule has 2 atom stereocenters. The maximum atomic E-state index is 12.8. The molecule has 0 saturated carbocycles. The second-order valence-corrected chi connectivity index (χ2v) is 9.44. The van der Waals surface area contributed by atoms with Gasteiger partial charge in [-0.15, -0.1) is 0 Å². The number of likely N-dealkylation sites (tertiary alicyclic amines) is 2. The largest absolute Gasteiger partial charge is 0.306 e. The molecule has 0 amide bonds. The summed E-state index contributed by atoms with van der Waals surface area (Å²) in [7, 11) is 2.16. The van der Waals surface area contributed by atoms with Crippen molar-refractivity contribution in [2.75, 3.05) is 39.8 Å². The van der Waals surface area contributed by atoms with Gasteiger partial charge >= 0.3 is 0 Å². The molecule has 2 saturated heterocycles. The van der Waals surface area contributed by atoms with Crippen LogP contribution in [0.2, 0.25) is 0 Å². The molecular formula is C25H32N4O. The second kappa shape index (κ2) is 9.24. The number of hydrogen-bond acceptors (Lipinski definition) is 5. The summed E-state index contributed by atoms with van der Waals surface area (Å²) in [4.78, 5) is 22.0. The highest BCUT2D eigenvalue weighted by molar-refractivity contribution is 5.87. The first-order chi connectivity index (χ1) is 14.5. The number of carbonyl (C=O) groups excluding carboxylic acids is 1. The Morgan fingerprint density at radius 2 is 2.03 bits per heavy atom. The fourth-order valence-corrected chi connectivity index (χ4v) is 5.36. The first-order valence-corrected chi connectivity index (χ1v) is 11.2. The molecule has 0 bridgehead atoms. The Balaban J connectivity index is 1.46. The van der Waals surface area contributed by atoms with Gasteiger partial charge < -0.3 is 4.90 Å². The van der Waals surface area contributed by atoms with Crippen LogP contribution < -0.4 is 0 Å². The molecule has 0 spiro atoms. The van der Waals surface area contributed by atoms with Crippen molar-refractivity contribution in [1.29, 1.82) is 5.26 Å². The van der Waals surface area contributed by atoms with Gasteiger partial charge in [0.1, 0.15) is 11.9 Å². The molecule has 5 nitrogen and oxygen atoms in total. The van der Waals surface area contributed by atoms with Crippen molar-refractivity contribution in [1.82, 2.24) is 14.8 Å². The number of ketones is 1. The van der Waals surface area contributed by atoms with Crippen molar-refractivity contribution in [3.63, 3.8) is 0 Å². The summed E-state index contributed by atoms with van der Waals surface area (Å²) in [5.74, 6) is 1.86. The van der Waals surface area contributed by atoms with E-state index in [1.807, 2.05) is 12.1 Å². The smallest absolute Gasteiger partial charge is 0.147 e. The number of carbonyl (C=O) groups is 1. The third kappa shape index (κ3) is 4.71. The Kier molecular flexibility index (Phi) is 6.46. The number of Topliss-reactive ketones (excluding diaryl/α,β-unsaturated/α-hetero) is 1. The standard InChI is InChI=1S/C25H32N4O/c1-18-12-21(23-6-5-20(14-26)25-24(23)4-3-9-27-25)16-29(15-18)17-22(30)13-19-7-10-28(2)11-8-19/h3-6,9,18-19,21H,7-8,10-13,15-17H2,1-2H3/t18-,21+/m1/s1. The number of hydrogen-bond donors (Lipinski definition) is 0. The van der Waals surface area contributed by atoms with Gasteiger partial charge in [-0.3, -0.25) is 14.7 Å². The molecule has 0 N–H and O–H groups in total. The van der Waals surface area contributed by atoms with E-state index < -0.39 is 0 Å². The van der Waals surface area contributed by atoms with Crippen molar-refractivity contribution in [2.45, 2.75) is 38.5 Å². The lowest BCUT2D eigenvalue weighted by Gasteiger charge is -2.37. The lowest BCUT2D eigenvalue weighted by atomic mass is 9.83. The third-order valence-corrected chi connectivity index (χ3v) is 6.85. The lowest BCUT2D eigenvalue weighted by molar-refractivity contribution is -0.121. The number of nitrogens with zero attached hydrogens (tertiary/aromatic N) is 4. The minimum Gasteiger partial charge on any atom is -0.306 e. The highest BCUT2D eigenvalue weighted by atomic mass is 16.1. The van der Waals surface area contributed by atoms with E-state index in [0.717, 1.165) is 62.8 Å². The molecule has 30 heavy (non-hydrogen) atoms. The minimum atomic E-state index is 0.365. The van der Waals surface area contributed by atoms with E-state index in [9.17, 15) is 10.1 Å². The van der Waals surface area contributed by atoms with Crippen LogP contribution in [0, 0.1) is 23.2 Å². The van der Waals surface area contributed by atoms with E-state index in [0.29, 0.717) is 35.6 Å². The monoisotopic (exact) mass is 404 g/mol. The SMILES string of the molecule is C[C@@H]1C[C@H](c2ccc(C#N)c3ncccc23)CN(CC(=O)CC2CCN(C)CC2)C1. The Morgan fingerprint density at radius 1 is 1.23 bits per heavy atom. The molecule has 4 rings (SSSR count). The summed E-state index contributed by atoms with van der Waals surface area (Å²) in [5.41, 5.74) is 2.68. The molecule has 2 fully saturated rings. The van der Waals surface area contributed by atoms with Crippen LogP contribution >= 0.6 is 0 Å². The van der Waals surface area contributed by atoms with E-state index in [2.05, 4.69) is 47.0 Å². The summed E-state index contributed by atoms with van der Waals surface area (Å²) in [6, 6.07) is 10.3. The van der Waals surface area contributed by atoms with Crippen molar-refractivity contribution < 1.29 is 4.79 Å². The number of piperidine rings is 2. The van der Waals surface area contributed by atoms with Crippen LogP contribution in [0.1, 0.15) is 49.7 Å². The lowest BCUT2D eigenvalue weighted by Crippen LogP contribution is -2.42. The predicted octanol–water partition coefficient (Wildman–Crippen LogP) is 3.83. The van der Waals surface area contributed by atoms with E-state index in [1.165, 1.54) is 5.56 Å². The molecule has 5 heteroatoms. The molecule has 0 aliphatic carbocycles. The van der Waals surface area contributed by atoms with Crippen molar-refractivity contribution >= 4 is 16.7 Å². The Morgan fingerprint density at radius 3 is 2.80 bits per heavy atom. The Hall–Kier alpha value is -2.29. The molecule has 0 radical (unpaired) electrons. The second-order valence-electron chi connectivity index (χ2n) is 9.44. The van der Waals surface area contributed by atoms with Crippen LogP contribution in [0.15, 0.2) is 30.5 Å². The average molecular weight is 405 g/mol. The Labute approximate surface area is 179 Å². The highest BCUT2D eigenvalue weighted by Crippen LogP contribution is 2.35. The molecule has 158 valence electrons. The molecule has 0 unspecified atom stereocenters. The van der Waals surface area contributed by atoms with Crippen LogP contribution in [0.4, 0.5) is 0 Å². The summed E-state index contributed by atoms with van der Waals surface area (Å²) < 4.78 is 0. The van der Waals surface area contributed by atoms with Crippen LogP contribution in [0.5, 0.6) is 0 Å². The van der Waals surface area contributed by atoms with Gasteiger partial charge in [-0.1, -0.05) is 19.1 Å². The summed E-state index contributed by atoms with van der Waals surface area (Å²) in [6.07, 6.45) is 5.88. The molecular weight excluding hydrogens is 372 g/mol. The van der Waals surface area contributed by atoms with E-state index in [1.54, 1.807) is 6.20 Å². The predicted molar refractivity (Wildman–Crippen MR) is 119 cm³/mol. The van der Waals surface area contributed by atoms with Crippen LogP contribution in [0.3, 0.4) is 0 Å². The van der Waals surface area contributed by atoms with Gasteiger partial charge in [-0.2, -0.15) is 5.26 Å². The van der Waals surface area contributed by atoms with Gasteiger partial charge in [0.05, 0.1) is 17.6 Å². The zero-order valence-electron chi connectivity index (χ0n) is 18.2. The molecule has 2 aliphatic rings. The number of aromatic nitrogens is 1. The number of rotatable bonds is 5. The van der Waals surface area contributed by atoms with Gasteiger partial charge in [-0.05, 0) is 74.8 Å². The molecule has 2 aromatic rings. The van der Waals surface area contributed by atoms with E-state index in [4.69, 9.17) is 0 Å². The topological polar surface area (TPSA) is 60.2 Å². The van der Waals surface area contributed by atoms with Gasteiger partial charge in [-0.25, -0.2) is 0 Å². The first-order valence-electron chi connectivity index (χ1n) is 11.2. The molecule has 1 aromatic heterocycles. The third-order valence-electron chi connectivity index (χ3n) is 6.85. The minimum absolute atomic E-state index is 0.365. The summed E-state index contributed by atoms with van der Waals surface area (Å²) in [5, 5.41) is 10.5. The fourth-order valence-electron chi connectivity index (χ4n) is 5.36. The number of nitriles is 1. The van der Waals surface area contributed by atoms with Crippen molar-refractivity contribution in [3.8, 4) is 6.07 Å². The van der Waals surface area contributed by atoms with Gasteiger partial charge in [0.2, 0.25) is 0 Å². The van der Waals surface area contributed by atoms with Gasteiger partial charge in [0.15, 0.2) is 0 Å². The number of pyridine rings is 1. The zero-order valence-corrected chi connectivity index (χ0v) is 18.2. The summed E-state index contributed by atoms with van der Waals surface area (Å²) >= 11 is 0. The Bertz CT molecular complexity index is 942.